The summed E-state index contributed by atoms with van der Waals surface area (Å²) in [7, 11) is 0. The van der Waals surface area contributed by atoms with Gasteiger partial charge in [-0.2, -0.15) is 0 Å². The zero-order chi connectivity index (χ0) is 32.1. The van der Waals surface area contributed by atoms with Gasteiger partial charge in [0.1, 0.15) is 5.82 Å². The number of hydrogen-bond donors (Lipinski definition) is 0. The highest BCUT2D eigenvalue weighted by molar-refractivity contribution is 6.37. The molecule has 0 radical (unpaired) electrons. The van der Waals surface area contributed by atoms with Crippen LogP contribution < -0.4 is 0 Å². The van der Waals surface area contributed by atoms with Crippen LogP contribution in [0.3, 0.4) is 0 Å². The summed E-state index contributed by atoms with van der Waals surface area (Å²) in [4.78, 5) is 5.11. The van der Waals surface area contributed by atoms with Gasteiger partial charge in [0.05, 0.1) is 11.0 Å². The van der Waals surface area contributed by atoms with Crippen molar-refractivity contribution >= 4 is 75.7 Å². The topological polar surface area (TPSA) is 17.8 Å². The van der Waals surface area contributed by atoms with E-state index in [1.807, 2.05) is 0 Å². The molecular weight excluding hydrogens is 593 g/mol. The van der Waals surface area contributed by atoms with Crippen LogP contribution in [0.2, 0.25) is 0 Å². The Hall–Kier alpha value is -6.51. The molecular formula is C47H28N2. The zero-order valence-corrected chi connectivity index (χ0v) is 26.6. The number of rotatable bonds is 3. The molecule has 10 aromatic carbocycles. The lowest BCUT2D eigenvalue weighted by Gasteiger charge is -2.17. The fraction of sp³-hybridized carbons (Fsp3) is 0. The number of aromatic nitrogens is 2. The van der Waals surface area contributed by atoms with E-state index in [4.69, 9.17) is 4.98 Å². The SMILES string of the molecule is c1ccc(-n2c(-c3ccc(-c4cc5ccc6cccc7c8cccc9ccc%10cccc(c(c4)c5c67)c%10c98)cc3)nc3ccccc32)cc1. The summed E-state index contributed by atoms with van der Waals surface area (Å²) in [5.41, 5.74) is 6.68. The van der Waals surface area contributed by atoms with Crippen LogP contribution in [0.5, 0.6) is 0 Å². The number of para-hydroxylation sites is 3. The van der Waals surface area contributed by atoms with Crippen molar-refractivity contribution in [2.45, 2.75) is 0 Å². The number of nitrogens with zero attached hydrogens (tertiary/aromatic N) is 2. The first-order valence-electron chi connectivity index (χ1n) is 16.9. The molecule has 226 valence electrons. The van der Waals surface area contributed by atoms with Crippen molar-refractivity contribution in [1.29, 1.82) is 0 Å². The van der Waals surface area contributed by atoms with Gasteiger partial charge < -0.3 is 0 Å². The lowest BCUT2D eigenvalue weighted by molar-refractivity contribution is 1.10. The highest BCUT2D eigenvalue weighted by atomic mass is 15.1. The van der Waals surface area contributed by atoms with Crippen molar-refractivity contribution in [3.63, 3.8) is 0 Å². The molecule has 0 fully saturated rings. The predicted octanol–water partition coefficient (Wildman–Crippen LogP) is 12.7. The Morgan fingerprint density at radius 3 is 1.53 bits per heavy atom. The van der Waals surface area contributed by atoms with E-state index >= 15 is 0 Å². The molecule has 49 heavy (non-hydrogen) atoms. The standard InChI is InChI=1S/C47H28N2/c1-2-12-36(13-3-1)49-42-18-5-4-17-41(42)48-47(49)33-24-19-29(20-25-33)35-27-34-26-23-32-10-7-15-38-37-14-6-9-30-21-22-31-11-8-16-39(45(31)43(30)37)40(28-35)46(34)44(32)38/h1-28H. The quantitative estimate of drug-likeness (QED) is 0.180. The van der Waals surface area contributed by atoms with E-state index in [0.717, 1.165) is 28.1 Å². The van der Waals surface area contributed by atoms with Gasteiger partial charge in [0, 0.05) is 11.3 Å². The van der Waals surface area contributed by atoms with E-state index in [1.54, 1.807) is 0 Å². The van der Waals surface area contributed by atoms with Crippen LogP contribution in [-0.4, -0.2) is 9.55 Å². The second kappa shape index (κ2) is 10.00. The molecule has 0 atom stereocenters. The fourth-order valence-corrected chi connectivity index (χ4v) is 8.32. The molecule has 1 aromatic heterocycles. The maximum absolute atomic E-state index is 5.11. The van der Waals surface area contributed by atoms with Crippen LogP contribution in [0.1, 0.15) is 0 Å². The first kappa shape index (κ1) is 26.5. The van der Waals surface area contributed by atoms with Gasteiger partial charge in [0.15, 0.2) is 0 Å². The molecule has 2 heteroatoms. The summed E-state index contributed by atoms with van der Waals surface area (Å²) >= 11 is 0. The molecule has 0 aliphatic heterocycles. The van der Waals surface area contributed by atoms with Crippen LogP contribution >= 0.6 is 0 Å². The Morgan fingerprint density at radius 1 is 0.347 bits per heavy atom. The number of hydrogen-bond acceptors (Lipinski definition) is 1. The van der Waals surface area contributed by atoms with E-state index in [0.29, 0.717) is 0 Å². The van der Waals surface area contributed by atoms with E-state index in [9.17, 15) is 0 Å². The van der Waals surface area contributed by atoms with Crippen LogP contribution in [0.4, 0.5) is 0 Å². The van der Waals surface area contributed by atoms with E-state index < -0.39 is 0 Å². The summed E-state index contributed by atoms with van der Waals surface area (Å²) in [6, 6.07) is 62.1. The van der Waals surface area contributed by atoms with Crippen molar-refractivity contribution < 1.29 is 0 Å². The fourth-order valence-electron chi connectivity index (χ4n) is 8.32. The predicted molar refractivity (Wildman–Crippen MR) is 208 cm³/mol. The highest BCUT2D eigenvalue weighted by Gasteiger charge is 2.17. The Balaban J connectivity index is 1.19. The molecule has 0 unspecified atom stereocenters. The molecule has 11 aromatic rings. The van der Waals surface area contributed by atoms with Crippen LogP contribution in [-0.2, 0) is 0 Å². The molecule has 0 N–H and O–H groups in total. The minimum atomic E-state index is 0.942. The number of imidazole rings is 1. The summed E-state index contributed by atoms with van der Waals surface area (Å²) in [6.45, 7) is 0. The molecule has 0 bridgehead atoms. The molecule has 0 saturated carbocycles. The van der Waals surface area contributed by atoms with Crippen LogP contribution in [0.15, 0.2) is 170 Å². The van der Waals surface area contributed by atoms with Gasteiger partial charge in [-0.15, -0.1) is 0 Å². The molecule has 1 heterocycles. The van der Waals surface area contributed by atoms with Crippen molar-refractivity contribution in [3.05, 3.63) is 170 Å². The third-order valence-corrected chi connectivity index (χ3v) is 10.5. The zero-order valence-electron chi connectivity index (χ0n) is 26.6. The van der Waals surface area contributed by atoms with Gasteiger partial charge in [0.2, 0.25) is 0 Å². The summed E-state index contributed by atoms with van der Waals surface area (Å²) in [6.07, 6.45) is 0. The minimum absolute atomic E-state index is 0.942. The second-order valence-corrected chi connectivity index (χ2v) is 13.1. The summed E-state index contributed by atoms with van der Waals surface area (Å²) in [5.74, 6) is 0.942. The van der Waals surface area contributed by atoms with Crippen molar-refractivity contribution in [2.75, 3.05) is 0 Å². The van der Waals surface area contributed by atoms with Gasteiger partial charge in [-0.25, -0.2) is 4.98 Å². The largest absolute Gasteiger partial charge is 0.292 e. The molecule has 0 amide bonds. The Kier molecular flexibility index (Phi) is 5.42. The summed E-state index contributed by atoms with van der Waals surface area (Å²) in [5, 5.41) is 15.6. The number of benzene rings is 9. The smallest absolute Gasteiger partial charge is 0.145 e. The van der Waals surface area contributed by atoms with Crippen molar-refractivity contribution in [3.8, 4) is 28.2 Å². The maximum Gasteiger partial charge on any atom is 0.145 e. The normalized spacial score (nSPS) is 12.1. The Labute approximate surface area is 282 Å². The van der Waals surface area contributed by atoms with Crippen molar-refractivity contribution in [1.82, 2.24) is 9.55 Å². The van der Waals surface area contributed by atoms with Gasteiger partial charge in [0.25, 0.3) is 0 Å². The lowest BCUT2D eigenvalue weighted by atomic mass is 9.86. The van der Waals surface area contributed by atoms with Gasteiger partial charge in [-0.05, 0) is 112 Å². The molecule has 11 rings (SSSR count). The van der Waals surface area contributed by atoms with E-state index in [-0.39, 0.29) is 0 Å². The van der Waals surface area contributed by atoms with Crippen molar-refractivity contribution in [2.24, 2.45) is 0 Å². The molecule has 0 aliphatic carbocycles. The average molecular weight is 621 g/mol. The monoisotopic (exact) mass is 620 g/mol. The maximum atomic E-state index is 5.11. The highest BCUT2D eigenvalue weighted by Crippen LogP contribution is 2.44. The molecule has 0 aliphatic rings. The van der Waals surface area contributed by atoms with Gasteiger partial charge >= 0.3 is 0 Å². The van der Waals surface area contributed by atoms with Crippen LogP contribution in [0.25, 0.3) is 104 Å². The Bertz CT molecular complexity index is 3070. The van der Waals surface area contributed by atoms with Gasteiger partial charge in [-0.3, -0.25) is 4.57 Å². The van der Waals surface area contributed by atoms with Crippen LogP contribution in [0, 0.1) is 0 Å². The van der Waals surface area contributed by atoms with Gasteiger partial charge in [-0.1, -0.05) is 133 Å². The third-order valence-electron chi connectivity index (χ3n) is 10.5. The average Bonchev–Trinajstić information content (AvgIpc) is 3.56. The lowest BCUT2D eigenvalue weighted by Crippen LogP contribution is -1.97. The first-order valence-corrected chi connectivity index (χ1v) is 16.9. The van der Waals surface area contributed by atoms with E-state index in [1.165, 1.54) is 75.8 Å². The van der Waals surface area contributed by atoms with E-state index in [2.05, 4.69) is 174 Å². The first-order chi connectivity index (χ1) is 24.3. The summed E-state index contributed by atoms with van der Waals surface area (Å²) < 4.78 is 2.26. The molecule has 0 spiro atoms. The second-order valence-electron chi connectivity index (χ2n) is 13.1. The third kappa shape index (κ3) is 3.80. The number of fused-ring (bicyclic) bond motifs is 3. The Morgan fingerprint density at radius 2 is 0.878 bits per heavy atom. The minimum Gasteiger partial charge on any atom is -0.292 e. The molecule has 0 saturated heterocycles. The molecule has 2 nitrogen and oxygen atoms in total.